The highest BCUT2D eigenvalue weighted by Gasteiger charge is 2.15. The standard InChI is InChI=1S/C14H20N4O/c1-8-6-7-9(2)18(8)17-11(4)13-10(3)15-12(5)16-14(13)19/h6-7,11,17H,1-5H3,(H,15,16,19). The van der Waals surface area contributed by atoms with Crippen molar-refractivity contribution in [2.45, 2.75) is 40.7 Å². The number of aryl methyl sites for hydroxylation is 4. The Morgan fingerprint density at radius 2 is 1.79 bits per heavy atom. The molecule has 2 aromatic rings. The van der Waals surface area contributed by atoms with Gasteiger partial charge >= 0.3 is 0 Å². The molecule has 0 bridgehead atoms. The summed E-state index contributed by atoms with van der Waals surface area (Å²) in [7, 11) is 0. The van der Waals surface area contributed by atoms with E-state index in [1.54, 1.807) is 6.92 Å². The minimum Gasteiger partial charge on any atom is -0.318 e. The van der Waals surface area contributed by atoms with Gasteiger partial charge in [-0.2, -0.15) is 0 Å². The molecule has 0 aromatic carbocycles. The number of aromatic amines is 1. The average molecular weight is 260 g/mol. The summed E-state index contributed by atoms with van der Waals surface area (Å²) in [6.45, 7) is 9.67. The second-order valence-corrected chi connectivity index (χ2v) is 4.95. The lowest BCUT2D eigenvalue weighted by molar-refractivity contribution is 0.681. The Bertz CT molecular complexity index is 634. The predicted molar refractivity (Wildman–Crippen MR) is 76.0 cm³/mol. The van der Waals surface area contributed by atoms with Gasteiger partial charge in [0.25, 0.3) is 5.56 Å². The summed E-state index contributed by atoms with van der Waals surface area (Å²) in [6, 6.07) is 3.97. The van der Waals surface area contributed by atoms with Crippen LogP contribution in [0.5, 0.6) is 0 Å². The van der Waals surface area contributed by atoms with Crippen LogP contribution < -0.4 is 11.0 Å². The number of nitrogens with one attached hydrogen (secondary N) is 2. The third-order valence-electron chi connectivity index (χ3n) is 3.29. The first kappa shape index (κ1) is 13.4. The molecule has 0 aliphatic heterocycles. The Morgan fingerprint density at radius 1 is 1.21 bits per heavy atom. The summed E-state index contributed by atoms with van der Waals surface area (Å²) >= 11 is 0. The largest absolute Gasteiger partial charge is 0.318 e. The zero-order valence-electron chi connectivity index (χ0n) is 12.0. The number of nitrogens with zero attached hydrogens (tertiary/aromatic N) is 2. The highest BCUT2D eigenvalue weighted by Crippen LogP contribution is 2.14. The van der Waals surface area contributed by atoms with E-state index in [1.165, 1.54) is 0 Å². The third-order valence-corrected chi connectivity index (χ3v) is 3.29. The molecule has 5 nitrogen and oxygen atoms in total. The normalized spacial score (nSPS) is 12.5. The van der Waals surface area contributed by atoms with Gasteiger partial charge in [-0.05, 0) is 46.8 Å². The van der Waals surface area contributed by atoms with Crippen LogP contribution in [0.4, 0.5) is 0 Å². The number of aromatic nitrogens is 3. The molecule has 1 unspecified atom stereocenters. The molecule has 0 fully saturated rings. The quantitative estimate of drug-likeness (QED) is 0.888. The lowest BCUT2D eigenvalue weighted by Gasteiger charge is -2.20. The van der Waals surface area contributed by atoms with Crippen molar-refractivity contribution in [3.8, 4) is 0 Å². The van der Waals surface area contributed by atoms with E-state index in [9.17, 15) is 4.79 Å². The van der Waals surface area contributed by atoms with Crippen LogP contribution >= 0.6 is 0 Å². The molecule has 2 N–H and O–H groups in total. The van der Waals surface area contributed by atoms with Crippen LogP contribution in [-0.2, 0) is 0 Å². The Morgan fingerprint density at radius 3 is 2.32 bits per heavy atom. The lowest BCUT2D eigenvalue weighted by atomic mass is 10.1. The van der Waals surface area contributed by atoms with Crippen LogP contribution in [-0.4, -0.2) is 14.6 Å². The van der Waals surface area contributed by atoms with Crippen molar-refractivity contribution >= 4 is 0 Å². The highest BCUT2D eigenvalue weighted by atomic mass is 16.1. The van der Waals surface area contributed by atoms with E-state index in [2.05, 4.69) is 15.4 Å². The van der Waals surface area contributed by atoms with Gasteiger partial charge in [0.05, 0.1) is 17.3 Å². The molecular formula is C14H20N4O. The Kier molecular flexibility index (Phi) is 3.46. The second kappa shape index (κ2) is 4.91. The summed E-state index contributed by atoms with van der Waals surface area (Å²) in [5.41, 5.74) is 6.92. The fourth-order valence-corrected chi connectivity index (χ4v) is 2.38. The Hall–Kier alpha value is -2.04. The van der Waals surface area contributed by atoms with Crippen molar-refractivity contribution in [2.24, 2.45) is 0 Å². The van der Waals surface area contributed by atoms with Gasteiger partial charge in [-0.25, -0.2) is 4.98 Å². The van der Waals surface area contributed by atoms with Crippen LogP contribution in [0.2, 0.25) is 0 Å². The second-order valence-electron chi connectivity index (χ2n) is 4.95. The van der Waals surface area contributed by atoms with Gasteiger partial charge in [0.15, 0.2) is 0 Å². The summed E-state index contributed by atoms with van der Waals surface area (Å²) in [5.74, 6) is 0.645. The molecule has 19 heavy (non-hydrogen) atoms. The smallest absolute Gasteiger partial charge is 0.256 e. The molecule has 0 aliphatic rings. The maximum Gasteiger partial charge on any atom is 0.256 e. The van der Waals surface area contributed by atoms with Gasteiger partial charge in [0.2, 0.25) is 0 Å². The van der Waals surface area contributed by atoms with E-state index in [0.29, 0.717) is 11.4 Å². The minimum atomic E-state index is -0.110. The van der Waals surface area contributed by atoms with Gasteiger partial charge in [0, 0.05) is 11.4 Å². The van der Waals surface area contributed by atoms with E-state index >= 15 is 0 Å². The molecule has 0 spiro atoms. The monoisotopic (exact) mass is 260 g/mol. The Balaban J connectivity index is 2.36. The molecule has 0 aliphatic carbocycles. The van der Waals surface area contributed by atoms with E-state index in [1.807, 2.05) is 44.5 Å². The summed E-state index contributed by atoms with van der Waals surface area (Å²) in [6.07, 6.45) is 0. The predicted octanol–water partition coefficient (Wildman–Crippen LogP) is 2.11. The van der Waals surface area contributed by atoms with Crippen LogP contribution in [0.25, 0.3) is 0 Å². The van der Waals surface area contributed by atoms with Crippen molar-refractivity contribution in [1.82, 2.24) is 14.6 Å². The highest BCUT2D eigenvalue weighted by molar-refractivity contribution is 5.24. The molecule has 2 rings (SSSR count). The van der Waals surface area contributed by atoms with Gasteiger partial charge in [-0.1, -0.05) is 0 Å². The summed E-state index contributed by atoms with van der Waals surface area (Å²) < 4.78 is 1.99. The summed E-state index contributed by atoms with van der Waals surface area (Å²) in [4.78, 5) is 19.1. The molecule has 5 heteroatoms. The first-order valence-corrected chi connectivity index (χ1v) is 6.39. The molecule has 0 saturated carbocycles. The Labute approximate surface area is 112 Å². The SMILES string of the molecule is Cc1nc(C)c(C(C)Nn2c(C)ccc2C)c(=O)[nH]1. The first-order chi connectivity index (χ1) is 8.90. The molecule has 0 saturated heterocycles. The van der Waals surface area contributed by atoms with Crippen LogP contribution in [0, 0.1) is 27.7 Å². The van der Waals surface area contributed by atoms with E-state index in [-0.39, 0.29) is 11.6 Å². The van der Waals surface area contributed by atoms with Gasteiger partial charge in [-0.3, -0.25) is 9.47 Å². The van der Waals surface area contributed by atoms with Crippen molar-refractivity contribution in [2.75, 3.05) is 5.43 Å². The van der Waals surface area contributed by atoms with Crippen molar-refractivity contribution in [3.05, 3.63) is 51.0 Å². The van der Waals surface area contributed by atoms with Gasteiger partial charge in [-0.15, -0.1) is 0 Å². The van der Waals surface area contributed by atoms with Gasteiger partial charge < -0.3 is 10.4 Å². The van der Waals surface area contributed by atoms with Crippen LogP contribution in [0.3, 0.4) is 0 Å². The van der Waals surface area contributed by atoms with Crippen LogP contribution in [0.15, 0.2) is 16.9 Å². The first-order valence-electron chi connectivity index (χ1n) is 6.39. The third kappa shape index (κ3) is 2.54. The lowest BCUT2D eigenvalue weighted by Crippen LogP contribution is -2.28. The molecule has 1 atom stereocenters. The molecule has 102 valence electrons. The minimum absolute atomic E-state index is 0.0764. The maximum atomic E-state index is 12.1. The molecule has 2 aromatic heterocycles. The maximum absolute atomic E-state index is 12.1. The zero-order chi connectivity index (χ0) is 14.2. The molecular weight excluding hydrogens is 240 g/mol. The molecule has 0 amide bonds. The van der Waals surface area contributed by atoms with Crippen molar-refractivity contribution in [1.29, 1.82) is 0 Å². The zero-order valence-corrected chi connectivity index (χ0v) is 12.0. The number of hydrogen-bond donors (Lipinski definition) is 2. The van der Waals surface area contributed by atoms with E-state index < -0.39 is 0 Å². The fourth-order valence-electron chi connectivity index (χ4n) is 2.38. The van der Waals surface area contributed by atoms with Crippen molar-refractivity contribution < 1.29 is 0 Å². The summed E-state index contributed by atoms with van der Waals surface area (Å²) in [5, 5.41) is 0. The number of rotatable bonds is 3. The van der Waals surface area contributed by atoms with Gasteiger partial charge in [0.1, 0.15) is 5.82 Å². The number of H-pyrrole nitrogens is 1. The van der Waals surface area contributed by atoms with E-state index in [4.69, 9.17) is 0 Å². The van der Waals surface area contributed by atoms with E-state index in [0.717, 1.165) is 17.1 Å². The molecule has 0 radical (unpaired) electrons. The average Bonchev–Trinajstić information content (AvgIpc) is 2.59. The fraction of sp³-hybridized carbons (Fsp3) is 0.429. The van der Waals surface area contributed by atoms with Crippen molar-refractivity contribution in [3.63, 3.8) is 0 Å². The number of hydrogen-bond acceptors (Lipinski definition) is 3. The van der Waals surface area contributed by atoms with Crippen LogP contribution in [0.1, 0.15) is 41.4 Å². The topological polar surface area (TPSA) is 62.7 Å². The molecule has 2 heterocycles.